The number of hydrogen-bond acceptors (Lipinski definition) is 2. The largest absolute Gasteiger partial charge is 0.380 e. The summed E-state index contributed by atoms with van der Waals surface area (Å²) >= 11 is 3.49. The van der Waals surface area contributed by atoms with Crippen LogP contribution in [-0.2, 0) is 22.7 Å². The lowest BCUT2D eigenvalue weighted by Crippen LogP contribution is -2.24. The summed E-state index contributed by atoms with van der Waals surface area (Å²) in [6.45, 7) is 2.14. The van der Waals surface area contributed by atoms with Crippen LogP contribution in [0.15, 0.2) is 24.3 Å². The molecule has 0 aliphatic carbocycles. The van der Waals surface area contributed by atoms with Crippen molar-refractivity contribution in [1.29, 1.82) is 0 Å². The lowest BCUT2D eigenvalue weighted by molar-refractivity contribution is -0.128. The predicted octanol–water partition coefficient (Wildman–Crippen LogP) is 2.33. The second-order valence-electron chi connectivity index (χ2n) is 4.33. The molecule has 4 heteroatoms. The molecule has 2 rings (SSSR count). The zero-order chi connectivity index (χ0) is 12.3. The first-order valence-corrected chi connectivity index (χ1v) is 6.59. The second-order valence-corrected chi connectivity index (χ2v) is 5.62. The Bertz CT molecular complexity index is 391. The van der Waals surface area contributed by atoms with Crippen molar-refractivity contribution < 1.29 is 9.53 Å². The Morgan fingerprint density at radius 1 is 1.35 bits per heavy atom. The number of methoxy groups -OCH3 is 1. The third-order valence-corrected chi connectivity index (χ3v) is 3.49. The smallest absolute Gasteiger partial charge is 0.224 e. The topological polar surface area (TPSA) is 29.5 Å². The Morgan fingerprint density at radius 2 is 2.00 bits per heavy atom. The molecule has 0 aromatic heterocycles. The van der Waals surface area contributed by atoms with Crippen LogP contribution in [0.1, 0.15) is 17.5 Å². The molecule has 0 bridgehead atoms. The molecule has 1 aliphatic heterocycles. The highest BCUT2D eigenvalue weighted by Gasteiger charge is 2.27. The van der Waals surface area contributed by atoms with Gasteiger partial charge in [0.2, 0.25) is 5.91 Å². The molecule has 1 unspecified atom stereocenters. The normalized spacial score (nSPS) is 20.0. The van der Waals surface area contributed by atoms with Crippen LogP contribution in [0, 0.1) is 0 Å². The second kappa shape index (κ2) is 5.65. The molecule has 1 aromatic rings. The van der Waals surface area contributed by atoms with Gasteiger partial charge in [-0.05, 0) is 11.1 Å². The maximum Gasteiger partial charge on any atom is 0.224 e. The lowest BCUT2D eigenvalue weighted by atomic mass is 10.1. The minimum atomic E-state index is 0.229. The summed E-state index contributed by atoms with van der Waals surface area (Å²) in [5.41, 5.74) is 2.32. The van der Waals surface area contributed by atoms with E-state index in [0.29, 0.717) is 24.4 Å². The van der Waals surface area contributed by atoms with E-state index in [1.165, 1.54) is 5.56 Å². The summed E-state index contributed by atoms with van der Waals surface area (Å²) in [7, 11) is 1.69. The van der Waals surface area contributed by atoms with Gasteiger partial charge in [-0.3, -0.25) is 4.79 Å². The molecular weight excluding hydrogens is 282 g/mol. The monoisotopic (exact) mass is 297 g/mol. The molecule has 0 radical (unpaired) electrons. The van der Waals surface area contributed by atoms with Gasteiger partial charge in [-0.15, -0.1) is 0 Å². The van der Waals surface area contributed by atoms with Crippen LogP contribution in [-0.4, -0.2) is 29.3 Å². The van der Waals surface area contributed by atoms with Gasteiger partial charge in [0.1, 0.15) is 0 Å². The van der Waals surface area contributed by atoms with E-state index in [1.807, 2.05) is 17.0 Å². The SMILES string of the molecule is COCc1ccc(CN2CC(Br)CC2=O)cc1. The Morgan fingerprint density at radius 3 is 2.53 bits per heavy atom. The summed E-state index contributed by atoms with van der Waals surface area (Å²) in [5.74, 6) is 0.229. The van der Waals surface area contributed by atoms with Crippen molar-refractivity contribution in [3.63, 3.8) is 0 Å². The third kappa shape index (κ3) is 3.30. The quantitative estimate of drug-likeness (QED) is 0.799. The number of hydrogen-bond donors (Lipinski definition) is 0. The molecule has 1 aliphatic rings. The van der Waals surface area contributed by atoms with Crippen LogP contribution in [0.2, 0.25) is 0 Å². The fourth-order valence-corrected chi connectivity index (χ4v) is 2.63. The lowest BCUT2D eigenvalue weighted by Gasteiger charge is -2.15. The minimum Gasteiger partial charge on any atom is -0.380 e. The van der Waals surface area contributed by atoms with E-state index in [2.05, 4.69) is 28.1 Å². The first-order chi connectivity index (χ1) is 8.19. The van der Waals surface area contributed by atoms with Gasteiger partial charge in [0.05, 0.1) is 6.61 Å². The van der Waals surface area contributed by atoms with Gasteiger partial charge in [-0.1, -0.05) is 40.2 Å². The number of likely N-dealkylation sites (tertiary alicyclic amines) is 1. The number of benzene rings is 1. The van der Waals surface area contributed by atoms with Crippen LogP contribution >= 0.6 is 15.9 Å². The van der Waals surface area contributed by atoms with E-state index >= 15 is 0 Å². The number of carbonyl (C=O) groups excluding carboxylic acids is 1. The van der Waals surface area contributed by atoms with Gasteiger partial charge >= 0.3 is 0 Å². The van der Waals surface area contributed by atoms with Crippen molar-refractivity contribution in [2.75, 3.05) is 13.7 Å². The van der Waals surface area contributed by atoms with E-state index in [-0.39, 0.29) is 5.91 Å². The van der Waals surface area contributed by atoms with Crippen LogP contribution in [0.3, 0.4) is 0 Å². The molecule has 92 valence electrons. The highest BCUT2D eigenvalue weighted by molar-refractivity contribution is 9.09. The molecular formula is C13H16BrNO2. The van der Waals surface area contributed by atoms with Crippen molar-refractivity contribution in [3.05, 3.63) is 35.4 Å². The zero-order valence-electron chi connectivity index (χ0n) is 9.86. The van der Waals surface area contributed by atoms with E-state index in [0.717, 1.165) is 12.1 Å². The molecule has 0 N–H and O–H groups in total. The van der Waals surface area contributed by atoms with Crippen molar-refractivity contribution in [2.45, 2.75) is 24.4 Å². The standard InChI is InChI=1S/C13H16BrNO2/c1-17-9-11-4-2-10(3-5-11)7-15-8-12(14)6-13(15)16/h2-5,12H,6-9H2,1H3. The number of carbonyl (C=O) groups is 1. The molecule has 3 nitrogen and oxygen atoms in total. The molecule has 1 aromatic carbocycles. The number of amides is 1. The zero-order valence-corrected chi connectivity index (χ0v) is 11.4. The first kappa shape index (κ1) is 12.6. The molecule has 1 fully saturated rings. The van der Waals surface area contributed by atoms with E-state index in [1.54, 1.807) is 7.11 Å². The molecule has 1 heterocycles. The Balaban J connectivity index is 1.97. The predicted molar refractivity (Wildman–Crippen MR) is 69.9 cm³/mol. The van der Waals surface area contributed by atoms with Gasteiger partial charge < -0.3 is 9.64 Å². The van der Waals surface area contributed by atoms with Gasteiger partial charge in [0.25, 0.3) is 0 Å². The summed E-state index contributed by atoms with van der Waals surface area (Å²) in [6, 6.07) is 8.21. The summed E-state index contributed by atoms with van der Waals surface area (Å²) in [4.78, 5) is 13.8. The van der Waals surface area contributed by atoms with Crippen LogP contribution in [0.4, 0.5) is 0 Å². The highest BCUT2D eigenvalue weighted by Crippen LogP contribution is 2.20. The van der Waals surface area contributed by atoms with E-state index < -0.39 is 0 Å². The Labute approximate surface area is 110 Å². The van der Waals surface area contributed by atoms with Crippen molar-refractivity contribution in [3.8, 4) is 0 Å². The Kier molecular flexibility index (Phi) is 4.18. The Hall–Kier alpha value is -0.870. The fraction of sp³-hybridized carbons (Fsp3) is 0.462. The van der Waals surface area contributed by atoms with Crippen LogP contribution in [0.25, 0.3) is 0 Å². The maximum absolute atomic E-state index is 11.6. The number of rotatable bonds is 4. The summed E-state index contributed by atoms with van der Waals surface area (Å²) in [6.07, 6.45) is 0.613. The van der Waals surface area contributed by atoms with Gasteiger partial charge in [0, 0.05) is 31.4 Å². The fourth-order valence-electron chi connectivity index (χ4n) is 2.00. The maximum atomic E-state index is 11.6. The molecule has 17 heavy (non-hydrogen) atoms. The summed E-state index contributed by atoms with van der Waals surface area (Å²) in [5, 5.41) is 0. The van der Waals surface area contributed by atoms with Gasteiger partial charge in [-0.25, -0.2) is 0 Å². The van der Waals surface area contributed by atoms with Crippen molar-refractivity contribution in [2.24, 2.45) is 0 Å². The number of ether oxygens (including phenoxy) is 1. The number of halogens is 1. The average Bonchev–Trinajstić information content (AvgIpc) is 2.61. The first-order valence-electron chi connectivity index (χ1n) is 5.67. The van der Waals surface area contributed by atoms with Gasteiger partial charge in [0.15, 0.2) is 0 Å². The van der Waals surface area contributed by atoms with Crippen LogP contribution in [0.5, 0.6) is 0 Å². The highest BCUT2D eigenvalue weighted by atomic mass is 79.9. The summed E-state index contributed by atoms with van der Waals surface area (Å²) < 4.78 is 5.06. The van der Waals surface area contributed by atoms with E-state index in [9.17, 15) is 4.79 Å². The van der Waals surface area contributed by atoms with Crippen molar-refractivity contribution >= 4 is 21.8 Å². The minimum absolute atomic E-state index is 0.229. The number of alkyl halides is 1. The van der Waals surface area contributed by atoms with Gasteiger partial charge in [-0.2, -0.15) is 0 Å². The van der Waals surface area contributed by atoms with Crippen LogP contribution < -0.4 is 0 Å². The van der Waals surface area contributed by atoms with E-state index in [4.69, 9.17) is 4.74 Å². The molecule has 1 amide bonds. The average molecular weight is 298 g/mol. The number of nitrogens with zero attached hydrogens (tertiary/aromatic N) is 1. The molecule has 1 saturated heterocycles. The molecule has 1 atom stereocenters. The third-order valence-electron chi connectivity index (χ3n) is 2.87. The molecule has 0 saturated carbocycles. The molecule has 0 spiro atoms. The van der Waals surface area contributed by atoms with Crippen molar-refractivity contribution in [1.82, 2.24) is 4.90 Å².